The molecule has 1 saturated heterocycles. The number of carbonyl (C=O) groups is 1. The van der Waals surface area contributed by atoms with Crippen LogP contribution in [0.4, 0.5) is 0 Å². The van der Waals surface area contributed by atoms with E-state index >= 15 is 0 Å². The van der Waals surface area contributed by atoms with Gasteiger partial charge >= 0.3 is 0 Å². The van der Waals surface area contributed by atoms with E-state index in [0.29, 0.717) is 45.2 Å². The van der Waals surface area contributed by atoms with Crippen LogP contribution in [0.25, 0.3) is 0 Å². The number of morpholine rings is 1. The highest BCUT2D eigenvalue weighted by atomic mass is 16.5. The van der Waals surface area contributed by atoms with E-state index in [2.05, 4.69) is 19.2 Å². The number of amides is 1. The van der Waals surface area contributed by atoms with Crippen LogP contribution in [0.15, 0.2) is 0 Å². The molecule has 5 heteroatoms. The molecule has 100 valence electrons. The van der Waals surface area contributed by atoms with E-state index in [4.69, 9.17) is 9.84 Å². The van der Waals surface area contributed by atoms with Gasteiger partial charge < -0.3 is 20.1 Å². The lowest BCUT2D eigenvalue weighted by Crippen LogP contribution is -2.43. The molecule has 0 bridgehead atoms. The van der Waals surface area contributed by atoms with Crippen molar-refractivity contribution in [1.82, 2.24) is 10.2 Å². The number of rotatable bonds is 6. The Bertz CT molecular complexity index is 228. The number of aliphatic hydroxyl groups excluding tert-OH is 1. The van der Waals surface area contributed by atoms with Crippen molar-refractivity contribution in [2.24, 2.45) is 5.92 Å². The van der Waals surface area contributed by atoms with Crippen molar-refractivity contribution >= 4 is 5.91 Å². The third-order valence-electron chi connectivity index (χ3n) is 3.11. The molecule has 0 radical (unpaired) electrons. The Morgan fingerprint density at radius 1 is 1.41 bits per heavy atom. The van der Waals surface area contributed by atoms with Crippen LogP contribution in [-0.2, 0) is 9.53 Å². The van der Waals surface area contributed by atoms with Crippen molar-refractivity contribution in [3.05, 3.63) is 0 Å². The fourth-order valence-electron chi connectivity index (χ4n) is 1.85. The van der Waals surface area contributed by atoms with E-state index in [1.54, 1.807) is 0 Å². The molecule has 0 aliphatic carbocycles. The summed E-state index contributed by atoms with van der Waals surface area (Å²) in [6.07, 6.45) is 0.489. The van der Waals surface area contributed by atoms with Crippen LogP contribution in [0.3, 0.4) is 0 Å². The van der Waals surface area contributed by atoms with Gasteiger partial charge in [0.25, 0.3) is 0 Å². The SMILES string of the molecule is CC(C)[C@@H](CO)NCCC(=O)N1CCOCC1. The molecule has 1 amide bonds. The minimum absolute atomic E-state index is 0.0764. The van der Waals surface area contributed by atoms with Crippen LogP contribution < -0.4 is 5.32 Å². The fraction of sp³-hybridized carbons (Fsp3) is 0.917. The molecular weight excluding hydrogens is 220 g/mol. The first-order valence-electron chi connectivity index (χ1n) is 6.35. The van der Waals surface area contributed by atoms with Gasteiger partial charge in [0.2, 0.25) is 5.91 Å². The average molecular weight is 244 g/mol. The second kappa shape index (κ2) is 7.63. The number of nitrogens with zero attached hydrogens (tertiary/aromatic N) is 1. The van der Waals surface area contributed by atoms with Crippen molar-refractivity contribution < 1.29 is 14.6 Å². The van der Waals surface area contributed by atoms with Gasteiger partial charge in [-0.25, -0.2) is 0 Å². The summed E-state index contributed by atoms with van der Waals surface area (Å²) >= 11 is 0. The van der Waals surface area contributed by atoms with Gasteiger partial charge in [0.15, 0.2) is 0 Å². The van der Waals surface area contributed by atoms with E-state index in [1.807, 2.05) is 4.90 Å². The smallest absolute Gasteiger partial charge is 0.224 e. The normalized spacial score (nSPS) is 18.5. The van der Waals surface area contributed by atoms with Gasteiger partial charge in [0.05, 0.1) is 19.8 Å². The van der Waals surface area contributed by atoms with Gasteiger partial charge in [-0.2, -0.15) is 0 Å². The minimum atomic E-state index is 0.0764. The molecule has 1 aliphatic rings. The first-order chi connectivity index (χ1) is 8.15. The molecule has 0 spiro atoms. The van der Waals surface area contributed by atoms with Crippen LogP contribution in [-0.4, -0.2) is 61.4 Å². The number of ether oxygens (including phenoxy) is 1. The largest absolute Gasteiger partial charge is 0.395 e. The molecule has 1 fully saturated rings. The van der Waals surface area contributed by atoms with Crippen LogP contribution in [0.2, 0.25) is 0 Å². The van der Waals surface area contributed by atoms with Crippen LogP contribution in [0.5, 0.6) is 0 Å². The summed E-state index contributed by atoms with van der Waals surface area (Å²) in [6.45, 7) is 7.53. The Morgan fingerprint density at radius 2 is 2.06 bits per heavy atom. The van der Waals surface area contributed by atoms with Crippen molar-refractivity contribution in [1.29, 1.82) is 0 Å². The molecule has 0 aromatic heterocycles. The van der Waals surface area contributed by atoms with Crippen LogP contribution >= 0.6 is 0 Å². The molecule has 17 heavy (non-hydrogen) atoms. The summed E-state index contributed by atoms with van der Waals surface area (Å²) in [4.78, 5) is 13.6. The number of nitrogens with one attached hydrogen (secondary N) is 1. The number of carbonyl (C=O) groups excluding carboxylic acids is 1. The standard InChI is InChI=1S/C12H24N2O3/c1-10(2)11(9-15)13-4-3-12(16)14-5-7-17-8-6-14/h10-11,13,15H,3-9H2,1-2H3/t11-/m1/s1. The Balaban J connectivity index is 2.18. The summed E-state index contributed by atoms with van der Waals surface area (Å²) in [7, 11) is 0. The topological polar surface area (TPSA) is 61.8 Å². The van der Waals surface area contributed by atoms with Gasteiger partial charge in [-0.3, -0.25) is 4.79 Å². The second-order valence-corrected chi connectivity index (χ2v) is 4.73. The molecule has 0 unspecified atom stereocenters. The zero-order valence-electron chi connectivity index (χ0n) is 10.8. The number of hydrogen-bond acceptors (Lipinski definition) is 4. The monoisotopic (exact) mass is 244 g/mol. The third-order valence-corrected chi connectivity index (χ3v) is 3.11. The molecule has 2 N–H and O–H groups in total. The average Bonchev–Trinajstić information content (AvgIpc) is 2.35. The molecule has 1 atom stereocenters. The van der Waals surface area contributed by atoms with E-state index in [1.165, 1.54) is 0 Å². The quantitative estimate of drug-likeness (QED) is 0.682. The molecule has 1 rings (SSSR count). The van der Waals surface area contributed by atoms with E-state index in [9.17, 15) is 4.79 Å². The predicted molar refractivity (Wildman–Crippen MR) is 65.7 cm³/mol. The van der Waals surface area contributed by atoms with Gasteiger partial charge in [-0.15, -0.1) is 0 Å². The molecule has 5 nitrogen and oxygen atoms in total. The molecular formula is C12H24N2O3. The summed E-state index contributed by atoms with van der Waals surface area (Å²) in [5.41, 5.74) is 0. The van der Waals surface area contributed by atoms with Gasteiger partial charge in [0, 0.05) is 32.1 Å². The zero-order valence-corrected chi connectivity index (χ0v) is 10.8. The minimum Gasteiger partial charge on any atom is -0.395 e. The highest BCUT2D eigenvalue weighted by Gasteiger charge is 2.17. The van der Waals surface area contributed by atoms with Crippen molar-refractivity contribution in [3.63, 3.8) is 0 Å². The molecule has 0 aromatic rings. The zero-order chi connectivity index (χ0) is 12.7. The van der Waals surface area contributed by atoms with Gasteiger partial charge in [0.1, 0.15) is 0 Å². The lowest BCUT2D eigenvalue weighted by Gasteiger charge is -2.27. The lowest BCUT2D eigenvalue weighted by molar-refractivity contribution is -0.135. The van der Waals surface area contributed by atoms with Crippen molar-refractivity contribution in [2.75, 3.05) is 39.5 Å². The second-order valence-electron chi connectivity index (χ2n) is 4.73. The molecule has 0 aromatic carbocycles. The maximum atomic E-state index is 11.8. The van der Waals surface area contributed by atoms with Crippen LogP contribution in [0.1, 0.15) is 20.3 Å². The first kappa shape index (κ1) is 14.4. The van der Waals surface area contributed by atoms with Gasteiger partial charge in [-0.1, -0.05) is 13.8 Å². The van der Waals surface area contributed by atoms with E-state index in [-0.39, 0.29) is 18.6 Å². The molecule has 1 aliphatic heterocycles. The summed E-state index contributed by atoms with van der Waals surface area (Å²) < 4.78 is 5.20. The summed E-state index contributed by atoms with van der Waals surface area (Å²) in [5.74, 6) is 0.541. The van der Waals surface area contributed by atoms with Crippen molar-refractivity contribution in [3.8, 4) is 0 Å². The highest BCUT2D eigenvalue weighted by Crippen LogP contribution is 2.02. The third kappa shape index (κ3) is 5.02. The van der Waals surface area contributed by atoms with Gasteiger partial charge in [-0.05, 0) is 5.92 Å². The Morgan fingerprint density at radius 3 is 2.59 bits per heavy atom. The maximum absolute atomic E-state index is 11.8. The van der Waals surface area contributed by atoms with E-state index < -0.39 is 0 Å². The Hall–Kier alpha value is -0.650. The highest BCUT2D eigenvalue weighted by molar-refractivity contribution is 5.76. The van der Waals surface area contributed by atoms with E-state index in [0.717, 1.165) is 0 Å². The lowest BCUT2D eigenvalue weighted by atomic mass is 10.1. The first-order valence-corrected chi connectivity index (χ1v) is 6.35. The fourth-order valence-corrected chi connectivity index (χ4v) is 1.85. The maximum Gasteiger partial charge on any atom is 0.224 e. The number of aliphatic hydroxyl groups is 1. The molecule has 1 heterocycles. The van der Waals surface area contributed by atoms with Crippen molar-refractivity contribution in [2.45, 2.75) is 26.3 Å². The van der Waals surface area contributed by atoms with Crippen LogP contribution in [0, 0.1) is 5.92 Å². The number of hydrogen-bond donors (Lipinski definition) is 2. The summed E-state index contributed by atoms with van der Waals surface area (Å²) in [5, 5.41) is 12.3. The predicted octanol–water partition coefficient (Wildman–Crippen LogP) is -0.158. The molecule has 0 saturated carbocycles. The Labute approximate surface area is 103 Å². The summed E-state index contributed by atoms with van der Waals surface area (Å²) in [6, 6.07) is 0.0764. The Kier molecular flexibility index (Phi) is 6.47.